The van der Waals surface area contributed by atoms with E-state index in [2.05, 4.69) is 20.6 Å². The van der Waals surface area contributed by atoms with Crippen LogP contribution in [-0.2, 0) is 4.84 Å². The Labute approximate surface area is 201 Å². The molecule has 0 bridgehead atoms. The van der Waals surface area contributed by atoms with Crippen molar-refractivity contribution in [3.05, 3.63) is 63.7 Å². The smallest absolute Gasteiger partial charge is 0.408 e. The van der Waals surface area contributed by atoms with Crippen molar-refractivity contribution in [3.8, 4) is 5.69 Å². The van der Waals surface area contributed by atoms with Gasteiger partial charge in [-0.2, -0.15) is 0 Å². The number of hydrogen-bond donors (Lipinski definition) is 3. The Bertz CT molecular complexity index is 1300. The molecule has 0 fully saturated rings. The van der Waals surface area contributed by atoms with Crippen molar-refractivity contribution in [3.63, 3.8) is 0 Å². The van der Waals surface area contributed by atoms with E-state index in [4.69, 9.17) is 11.6 Å². The van der Waals surface area contributed by atoms with Crippen molar-refractivity contribution in [1.82, 2.24) is 19.9 Å². The minimum atomic E-state index is -1.15. The fourth-order valence-corrected chi connectivity index (χ4v) is 4.11. The Balaban J connectivity index is 2.30. The Hall–Kier alpha value is -3.63. The predicted octanol–water partition coefficient (Wildman–Crippen LogP) is 4.56. The number of aromatic nitrogens is 2. The van der Waals surface area contributed by atoms with Crippen LogP contribution in [0.15, 0.2) is 47.3 Å². The van der Waals surface area contributed by atoms with Crippen LogP contribution in [0.3, 0.4) is 0 Å². The molecule has 0 unspecified atom stereocenters. The molecule has 3 N–H and O–H groups in total. The van der Waals surface area contributed by atoms with Crippen LogP contribution in [0, 0.1) is 0 Å². The van der Waals surface area contributed by atoms with E-state index in [1.165, 1.54) is 16.6 Å². The highest BCUT2D eigenvalue weighted by Gasteiger charge is 2.34. The zero-order valence-corrected chi connectivity index (χ0v) is 20.2. The van der Waals surface area contributed by atoms with Gasteiger partial charge >= 0.3 is 12.1 Å². The van der Waals surface area contributed by atoms with Crippen LogP contribution < -0.4 is 16.4 Å². The predicted molar refractivity (Wildman–Crippen MR) is 130 cm³/mol. The van der Waals surface area contributed by atoms with Gasteiger partial charge in [-0.25, -0.2) is 20.1 Å². The van der Waals surface area contributed by atoms with Crippen LogP contribution in [0.2, 0.25) is 5.02 Å². The number of hydroxylamine groups is 1. The largest absolute Gasteiger partial charge is 0.465 e. The van der Waals surface area contributed by atoms with Gasteiger partial charge in [-0.3, -0.25) is 19.1 Å². The van der Waals surface area contributed by atoms with E-state index in [-0.39, 0.29) is 16.2 Å². The number of urea groups is 1. The average molecular weight is 488 g/mol. The first-order valence-electron chi connectivity index (χ1n) is 10.4. The summed E-state index contributed by atoms with van der Waals surface area (Å²) in [6.07, 6.45) is -1.15. The van der Waals surface area contributed by atoms with Gasteiger partial charge in [0.15, 0.2) is 0 Å². The molecule has 0 saturated heterocycles. The number of halogens is 1. The normalized spacial score (nSPS) is 12.3. The summed E-state index contributed by atoms with van der Waals surface area (Å²) in [4.78, 5) is 48.3. The summed E-state index contributed by atoms with van der Waals surface area (Å²) in [5.74, 6) is 0.204. The van der Waals surface area contributed by atoms with Crippen LogP contribution in [0.5, 0.6) is 0 Å². The average Bonchev–Trinajstić information content (AvgIpc) is 2.72. The van der Waals surface area contributed by atoms with Gasteiger partial charge in [0.2, 0.25) is 0 Å². The van der Waals surface area contributed by atoms with E-state index < -0.39 is 29.3 Å². The minimum absolute atomic E-state index is 0.202. The van der Waals surface area contributed by atoms with Crippen molar-refractivity contribution in [2.75, 3.05) is 12.4 Å². The lowest BCUT2D eigenvalue weighted by Crippen LogP contribution is -2.47. The standard InChI is InChI=1S/C23H26ClN5O5/c1-13(29(22(32)33)23(2,3)4)19-26-17-11-7-10-16(24)18(17)20(30)28(19)15-9-6-8-14(12-15)25-21(31)27-34-5/h6-13H,1-5H3,(H,32,33)(H2,25,27,31)/t13-/m0/s1. The van der Waals surface area contributed by atoms with Gasteiger partial charge in [-0.15, -0.1) is 0 Å². The highest BCUT2D eigenvalue weighted by Crippen LogP contribution is 2.30. The molecule has 0 aliphatic heterocycles. The van der Waals surface area contributed by atoms with E-state index in [1.54, 1.807) is 70.2 Å². The Kier molecular flexibility index (Phi) is 7.13. The Morgan fingerprint density at radius 1 is 1.21 bits per heavy atom. The second-order valence-electron chi connectivity index (χ2n) is 8.55. The van der Waals surface area contributed by atoms with Crippen molar-refractivity contribution in [1.29, 1.82) is 0 Å². The summed E-state index contributed by atoms with van der Waals surface area (Å²) in [6.45, 7) is 6.95. The second kappa shape index (κ2) is 9.70. The first kappa shape index (κ1) is 25.0. The van der Waals surface area contributed by atoms with Gasteiger partial charge in [0.25, 0.3) is 5.56 Å². The first-order valence-corrected chi connectivity index (χ1v) is 10.8. The van der Waals surface area contributed by atoms with Gasteiger partial charge < -0.3 is 10.4 Å². The van der Waals surface area contributed by atoms with Gasteiger partial charge in [0, 0.05) is 11.2 Å². The summed E-state index contributed by atoms with van der Waals surface area (Å²) in [6, 6.07) is 10.0. The van der Waals surface area contributed by atoms with E-state index in [9.17, 15) is 19.5 Å². The van der Waals surface area contributed by atoms with E-state index in [0.29, 0.717) is 16.9 Å². The molecule has 1 heterocycles. The summed E-state index contributed by atoms with van der Waals surface area (Å²) in [7, 11) is 1.30. The first-order chi connectivity index (χ1) is 16.0. The molecule has 3 amide bonds. The highest BCUT2D eigenvalue weighted by molar-refractivity contribution is 6.35. The number of rotatable bonds is 5. The number of nitrogens with one attached hydrogen (secondary N) is 2. The van der Waals surface area contributed by atoms with Gasteiger partial charge in [-0.05, 0) is 58.0 Å². The lowest BCUT2D eigenvalue weighted by Gasteiger charge is -2.38. The van der Waals surface area contributed by atoms with Crippen molar-refractivity contribution >= 4 is 40.3 Å². The molecule has 11 heteroatoms. The lowest BCUT2D eigenvalue weighted by molar-refractivity contribution is 0.0719. The number of anilines is 1. The topological polar surface area (TPSA) is 126 Å². The maximum Gasteiger partial charge on any atom is 0.408 e. The molecule has 0 spiro atoms. The molecule has 3 rings (SSSR count). The van der Waals surface area contributed by atoms with Gasteiger partial charge in [-0.1, -0.05) is 23.7 Å². The van der Waals surface area contributed by atoms with Crippen LogP contribution in [0.1, 0.15) is 39.6 Å². The fourth-order valence-electron chi connectivity index (χ4n) is 3.86. The third-order valence-electron chi connectivity index (χ3n) is 5.12. The molecular weight excluding hydrogens is 462 g/mol. The maximum atomic E-state index is 13.7. The molecule has 0 saturated carbocycles. The molecule has 0 aliphatic rings. The van der Waals surface area contributed by atoms with Crippen molar-refractivity contribution in [2.45, 2.75) is 39.3 Å². The molecule has 180 valence electrons. The van der Waals surface area contributed by atoms with E-state index in [1.807, 2.05) is 0 Å². The number of carboxylic acid groups (broad SMARTS) is 1. The molecule has 2 aromatic carbocycles. The number of nitrogens with zero attached hydrogens (tertiary/aromatic N) is 3. The highest BCUT2D eigenvalue weighted by atomic mass is 35.5. The second-order valence-corrected chi connectivity index (χ2v) is 8.96. The summed E-state index contributed by atoms with van der Waals surface area (Å²) < 4.78 is 1.32. The minimum Gasteiger partial charge on any atom is -0.465 e. The molecular formula is C23H26ClN5O5. The SMILES string of the molecule is CONC(=O)Nc1cccc(-n2c([C@H](C)N(C(=O)O)C(C)(C)C)nc3cccc(Cl)c3c2=O)c1. The number of hydrogen-bond acceptors (Lipinski definition) is 5. The number of benzene rings is 2. The van der Waals surface area contributed by atoms with E-state index in [0.717, 1.165) is 0 Å². The molecule has 10 nitrogen and oxygen atoms in total. The lowest BCUT2D eigenvalue weighted by atomic mass is 10.0. The molecule has 1 atom stereocenters. The van der Waals surface area contributed by atoms with Crippen molar-refractivity contribution < 1.29 is 19.5 Å². The zero-order chi connectivity index (χ0) is 25.2. The Morgan fingerprint density at radius 2 is 1.88 bits per heavy atom. The Morgan fingerprint density at radius 3 is 2.50 bits per heavy atom. The summed E-state index contributed by atoms with van der Waals surface area (Å²) in [5, 5.41) is 13.0. The van der Waals surface area contributed by atoms with E-state index >= 15 is 0 Å². The molecule has 1 aromatic heterocycles. The third kappa shape index (κ3) is 4.97. The third-order valence-corrected chi connectivity index (χ3v) is 5.43. The number of carbonyl (C=O) groups is 2. The van der Waals surface area contributed by atoms with Crippen LogP contribution in [0.4, 0.5) is 15.3 Å². The zero-order valence-electron chi connectivity index (χ0n) is 19.4. The molecule has 0 aliphatic carbocycles. The van der Waals surface area contributed by atoms with Crippen LogP contribution >= 0.6 is 11.6 Å². The van der Waals surface area contributed by atoms with Gasteiger partial charge in [0.1, 0.15) is 5.82 Å². The number of amides is 3. The quantitative estimate of drug-likeness (QED) is 0.453. The molecule has 0 radical (unpaired) electrons. The molecule has 3 aromatic rings. The summed E-state index contributed by atoms with van der Waals surface area (Å²) in [5.41, 5.74) is 2.01. The fraction of sp³-hybridized carbons (Fsp3) is 0.304. The number of fused-ring (bicyclic) bond motifs is 1. The van der Waals surface area contributed by atoms with Gasteiger partial charge in [0.05, 0.1) is 34.8 Å². The number of carbonyl (C=O) groups excluding carboxylic acids is 1. The van der Waals surface area contributed by atoms with Crippen molar-refractivity contribution in [2.24, 2.45) is 0 Å². The molecule has 34 heavy (non-hydrogen) atoms. The summed E-state index contributed by atoms with van der Waals surface area (Å²) >= 11 is 6.34. The van der Waals surface area contributed by atoms with Crippen LogP contribution in [0.25, 0.3) is 16.6 Å². The van der Waals surface area contributed by atoms with Crippen LogP contribution in [-0.4, -0.2) is 44.3 Å². The monoisotopic (exact) mass is 487 g/mol. The maximum absolute atomic E-state index is 13.7.